The van der Waals surface area contributed by atoms with Gasteiger partial charge in [-0.3, -0.25) is 19.8 Å². The first-order valence-electron chi connectivity index (χ1n) is 9.03. The van der Waals surface area contributed by atoms with Crippen molar-refractivity contribution < 1.29 is 14.3 Å². The van der Waals surface area contributed by atoms with E-state index in [1.807, 2.05) is 36.4 Å². The molecule has 0 bridgehead atoms. The molecule has 156 valence electrons. The molecule has 3 aromatic rings. The Kier molecular flexibility index (Phi) is 6.43. The second kappa shape index (κ2) is 9.23. The van der Waals surface area contributed by atoms with Gasteiger partial charge in [0.25, 0.3) is 11.8 Å². The molecule has 2 amide bonds. The number of hydrogen-bond acceptors (Lipinski definition) is 6. The van der Waals surface area contributed by atoms with Crippen LogP contribution in [-0.2, 0) is 9.59 Å². The second-order valence-corrected chi connectivity index (χ2v) is 9.68. The van der Waals surface area contributed by atoms with Crippen LogP contribution >= 0.6 is 46.9 Å². The standard InChI is InChI=1S/C22H15ClN2O3S3/c1-28-15-6-4-14(5-7-15)25-21(27)18(20(26)24-22(25)29)12-17-10-11-19(31-17)30-16-8-2-13(23)3-9-16/h2-12H,1H3,(H,24,26,29)/b18-12+. The summed E-state index contributed by atoms with van der Waals surface area (Å²) < 4.78 is 6.18. The molecule has 1 fully saturated rings. The first-order valence-corrected chi connectivity index (χ1v) is 11.5. The summed E-state index contributed by atoms with van der Waals surface area (Å²) in [5, 5.41) is 3.32. The Balaban J connectivity index is 1.58. The van der Waals surface area contributed by atoms with Crippen molar-refractivity contribution in [1.29, 1.82) is 0 Å². The maximum atomic E-state index is 13.1. The molecule has 1 saturated heterocycles. The van der Waals surface area contributed by atoms with Gasteiger partial charge in [-0.15, -0.1) is 11.3 Å². The van der Waals surface area contributed by atoms with Gasteiger partial charge in [0.05, 0.1) is 17.0 Å². The van der Waals surface area contributed by atoms with Gasteiger partial charge >= 0.3 is 0 Å². The molecule has 0 radical (unpaired) electrons. The molecule has 2 aromatic carbocycles. The van der Waals surface area contributed by atoms with Crippen LogP contribution in [0.15, 0.2) is 75.3 Å². The normalized spacial score (nSPS) is 15.4. The van der Waals surface area contributed by atoms with Crippen LogP contribution in [0.1, 0.15) is 4.88 Å². The summed E-state index contributed by atoms with van der Waals surface area (Å²) in [5.74, 6) is -0.331. The number of nitrogens with zero attached hydrogens (tertiary/aromatic N) is 1. The van der Waals surface area contributed by atoms with Gasteiger partial charge in [0.15, 0.2) is 5.11 Å². The number of amides is 2. The second-order valence-electron chi connectivity index (χ2n) is 6.37. The third-order valence-electron chi connectivity index (χ3n) is 4.35. The number of thiocarbonyl (C=S) groups is 1. The molecule has 9 heteroatoms. The van der Waals surface area contributed by atoms with E-state index in [4.69, 9.17) is 28.6 Å². The molecular weight excluding hydrogens is 472 g/mol. The number of carbonyl (C=O) groups excluding carboxylic acids is 2. The topological polar surface area (TPSA) is 58.6 Å². The number of thiophene rings is 1. The molecule has 2 heterocycles. The van der Waals surface area contributed by atoms with E-state index >= 15 is 0 Å². The third kappa shape index (κ3) is 4.83. The van der Waals surface area contributed by atoms with Crippen LogP contribution < -0.4 is 15.0 Å². The van der Waals surface area contributed by atoms with Crippen molar-refractivity contribution in [3.63, 3.8) is 0 Å². The van der Waals surface area contributed by atoms with E-state index in [0.29, 0.717) is 16.5 Å². The number of carbonyl (C=O) groups is 2. The van der Waals surface area contributed by atoms with Crippen molar-refractivity contribution in [2.45, 2.75) is 9.10 Å². The zero-order chi connectivity index (χ0) is 22.0. The van der Waals surface area contributed by atoms with Crippen LogP contribution in [0.2, 0.25) is 5.02 Å². The molecule has 1 aromatic heterocycles. The van der Waals surface area contributed by atoms with Crippen molar-refractivity contribution in [1.82, 2.24) is 5.32 Å². The van der Waals surface area contributed by atoms with Crippen LogP contribution in [0.5, 0.6) is 5.75 Å². The highest BCUT2D eigenvalue weighted by molar-refractivity contribution is 8.01. The van der Waals surface area contributed by atoms with E-state index in [-0.39, 0.29) is 10.7 Å². The Morgan fingerprint density at radius 2 is 1.77 bits per heavy atom. The van der Waals surface area contributed by atoms with Crippen LogP contribution in [0.3, 0.4) is 0 Å². The Morgan fingerprint density at radius 3 is 2.45 bits per heavy atom. The number of anilines is 1. The van der Waals surface area contributed by atoms with Crippen LogP contribution in [0.4, 0.5) is 5.69 Å². The predicted octanol–water partition coefficient (Wildman–Crippen LogP) is 5.39. The molecule has 5 nitrogen and oxygen atoms in total. The lowest BCUT2D eigenvalue weighted by atomic mass is 10.1. The SMILES string of the molecule is COc1ccc(N2C(=O)/C(=C/c3ccc(Sc4ccc(Cl)cc4)s3)C(=O)NC2=S)cc1. The zero-order valence-corrected chi connectivity index (χ0v) is 19.3. The molecule has 1 aliphatic heterocycles. The van der Waals surface area contributed by atoms with Gasteiger partial charge in [-0.2, -0.15) is 0 Å². The van der Waals surface area contributed by atoms with Gasteiger partial charge in [-0.1, -0.05) is 23.4 Å². The van der Waals surface area contributed by atoms with Gasteiger partial charge in [0.1, 0.15) is 11.3 Å². The summed E-state index contributed by atoms with van der Waals surface area (Å²) in [6.07, 6.45) is 1.59. The van der Waals surface area contributed by atoms with Crippen LogP contribution in [0.25, 0.3) is 6.08 Å². The largest absolute Gasteiger partial charge is 0.497 e. The number of rotatable bonds is 5. The molecule has 0 saturated carbocycles. The van der Waals surface area contributed by atoms with E-state index in [9.17, 15) is 9.59 Å². The fourth-order valence-corrected chi connectivity index (χ4v) is 5.32. The quantitative estimate of drug-likeness (QED) is 0.297. The smallest absolute Gasteiger partial charge is 0.270 e. The number of nitrogens with one attached hydrogen (secondary N) is 1. The summed E-state index contributed by atoms with van der Waals surface area (Å²) in [6.45, 7) is 0. The number of benzene rings is 2. The highest BCUT2D eigenvalue weighted by Crippen LogP contribution is 2.35. The van der Waals surface area contributed by atoms with Crippen LogP contribution in [-0.4, -0.2) is 24.0 Å². The van der Waals surface area contributed by atoms with Crippen molar-refractivity contribution in [3.8, 4) is 5.75 Å². The van der Waals surface area contributed by atoms with E-state index in [1.54, 1.807) is 49.2 Å². The van der Waals surface area contributed by atoms with Crippen molar-refractivity contribution >= 4 is 75.6 Å². The fraction of sp³-hybridized carbons (Fsp3) is 0.0455. The number of methoxy groups -OCH3 is 1. The maximum Gasteiger partial charge on any atom is 0.270 e. The van der Waals surface area contributed by atoms with Crippen LogP contribution in [0, 0.1) is 0 Å². The molecule has 4 rings (SSSR count). The molecular formula is C22H15ClN2O3S3. The van der Waals surface area contributed by atoms with Gasteiger partial charge < -0.3 is 4.74 Å². The molecule has 0 atom stereocenters. The lowest BCUT2D eigenvalue weighted by molar-refractivity contribution is -0.122. The lowest BCUT2D eigenvalue weighted by Crippen LogP contribution is -2.54. The molecule has 0 unspecified atom stereocenters. The van der Waals surface area contributed by atoms with E-state index < -0.39 is 11.8 Å². The van der Waals surface area contributed by atoms with E-state index in [2.05, 4.69) is 5.32 Å². The van der Waals surface area contributed by atoms with E-state index in [0.717, 1.165) is 14.0 Å². The Hall–Kier alpha value is -2.65. The molecule has 31 heavy (non-hydrogen) atoms. The van der Waals surface area contributed by atoms with Crippen molar-refractivity contribution in [2.75, 3.05) is 12.0 Å². The summed E-state index contributed by atoms with van der Waals surface area (Å²) >= 11 is 14.2. The van der Waals surface area contributed by atoms with E-state index in [1.165, 1.54) is 16.2 Å². The fourth-order valence-electron chi connectivity index (χ4n) is 2.85. The minimum absolute atomic E-state index is 0.0225. The minimum atomic E-state index is -0.514. The van der Waals surface area contributed by atoms with Crippen molar-refractivity contribution in [2.24, 2.45) is 0 Å². The summed E-state index contributed by atoms with van der Waals surface area (Å²) in [4.78, 5) is 28.7. The van der Waals surface area contributed by atoms with Gasteiger partial charge in [-0.05, 0) is 79.0 Å². The first kappa shape index (κ1) is 21.6. The lowest BCUT2D eigenvalue weighted by Gasteiger charge is -2.28. The maximum absolute atomic E-state index is 13.1. The Bertz CT molecular complexity index is 1190. The number of ether oxygens (including phenoxy) is 1. The monoisotopic (exact) mass is 486 g/mol. The number of halogens is 1. The first-order chi connectivity index (χ1) is 14.9. The predicted molar refractivity (Wildman–Crippen MR) is 129 cm³/mol. The van der Waals surface area contributed by atoms with Crippen molar-refractivity contribution in [3.05, 3.63) is 76.1 Å². The minimum Gasteiger partial charge on any atom is -0.497 e. The van der Waals surface area contributed by atoms with Gasteiger partial charge in [0.2, 0.25) is 0 Å². The highest BCUT2D eigenvalue weighted by atomic mass is 35.5. The molecule has 1 aliphatic rings. The number of hydrogen-bond donors (Lipinski definition) is 1. The summed E-state index contributed by atoms with van der Waals surface area (Å²) in [7, 11) is 1.56. The molecule has 1 N–H and O–H groups in total. The summed E-state index contributed by atoms with van der Waals surface area (Å²) in [6, 6.07) is 18.3. The zero-order valence-electron chi connectivity index (χ0n) is 16.1. The van der Waals surface area contributed by atoms with Gasteiger partial charge in [0, 0.05) is 14.8 Å². The Morgan fingerprint density at radius 1 is 1.06 bits per heavy atom. The average Bonchev–Trinajstić information content (AvgIpc) is 3.20. The van der Waals surface area contributed by atoms with Gasteiger partial charge in [-0.25, -0.2) is 0 Å². The summed E-state index contributed by atoms with van der Waals surface area (Å²) in [5.41, 5.74) is 0.571. The highest BCUT2D eigenvalue weighted by Gasteiger charge is 2.34. The average molecular weight is 487 g/mol. The Labute approximate surface area is 197 Å². The molecule has 0 spiro atoms. The molecule has 0 aliphatic carbocycles. The third-order valence-corrected chi connectivity index (χ3v) is 7.06.